The molecule has 2 aromatic carbocycles. The highest BCUT2D eigenvalue weighted by Gasteiger charge is 2.24. The number of benzene rings is 2. The Morgan fingerprint density at radius 3 is 2.48 bits per heavy atom. The van der Waals surface area contributed by atoms with E-state index in [2.05, 4.69) is 39.4 Å². The van der Waals surface area contributed by atoms with Crippen molar-refractivity contribution in [2.24, 2.45) is 0 Å². The van der Waals surface area contributed by atoms with Crippen LogP contribution in [0.25, 0.3) is 0 Å². The van der Waals surface area contributed by atoms with Gasteiger partial charge in [0, 0.05) is 4.47 Å². The van der Waals surface area contributed by atoms with Gasteiger partial charge in [-0.25, -0.2) is 8.42 Å². The van der Waals surface area contributed by atoms with E-state index in [9.17, 15) is 13.2 Å². The topological polar surface area (TPSA) is 66.5 Å². The summed E-state index contributed by atoms with van der Waals surface area (Å²) in [5.74, 6) is -0.323. The number of carbonyl (C=O) groups is 1. The third-order valence-electron chi connectivity index (χ3n) is 5.33. The van der Waals surface area contributed by atoms with E-state index in [0.717, 1.165) is 35.4 Å². The average molecular weight is 479 g/mol. The zero-order chi connectivity index (χ0) is 21.0. The molecule has 5 nitrogen and oxygen atoms in total. The first kappa shape index (κ1) is 21.8. The molecule has 29 heavy (non-hydrogen) atoms. The van der Waals surface area contributed by atoms with E-state index in [-0.39, 0.29) is 18.5 Å². The maximum Gasteiger partial charge on any atom is 0.241 e. The maximum absolute atomic E-state index is 12.8. The first-order chi connectivity index (χ1) is 13.8. The summed E-state index contributed by atoms with van der Waals surface area (Å²) < 4.78 is 26.4. The number of nitrogens with one attached hydrogen (secondary N) is 1. The molecule has 0 aliphatic heterocycles. The number of amides is 1. The molecule has 0 aromatic heterocycles. The van der Waals surface area contributed by atoms with Gasteiger partial charge in [0.2, 0.25) is 15.9 Å². The highest BCUT2D eigenvalue weighted by Crippen LogP contribution is 2.28. The van der Waals surface area contributed by atoms with Gasteiger partial charge < -0.3 is 5.32 Å². The minimum atomic E-state index is -3.61. The molecule has 0 spiro atoms. The van der Waals surface area contributed by atoms with E-state index in [4.69, 9.17) is 0 Å². The highest BCUT2D eigenvalue weighted by atomic mass is 79.9. The fourth-order valence-corrected chi connectivity index (χ4v) is 5.28. The quantitative estimate of drug-likeness (QED) is 0.642. The Hall–Kier alpha value is -1.86. The molecule has 7 heteroatoms. The molecule has 1 aliphatic carbocycles. The number of rotatable bonds is 7. The molecule has 1 aliphatic rings. The summed E-state index contributed by atoms with van der Waals surface area (Å²) in [6.07, 6.45) is 6.48. The van der Waals surface area contributed by atoms with Crippen molar-refractivity contribution in [2.75, 3.05) is 17.1 Å². The monoisotopic (exact) mass is 478 g/mol. The third kappa shape index (κ3) is 5.39. The molecule has 0 saturated carbocycles. The van der Waals surface area contributed by atoms with E-state index >= 15 is 0 Å². The second-order valence-electron chi connectivity index (χ2n) is 7.48. The van der Waals surface area contributed by atoms with Gasteiger partial charge in [-0.1, -0.05) is 37.3 Å². The summed E-state index contributed by atoms with van der Waals surface area (Å²) in [5.41, 5.74) is 4.30. The molecule has 3 rings (SSSR count). The Labute approximate surface area is 181 Å². The fraction of sp³-hybridized carbons (Fsp3) is 0.409. The summed E-state index contributed by atoms with van der Waals surface area (Å²) in [5, 5.41) is 3.02. The highest BCUT2D eigenvalue weighted by molar-refractivity contribution is 9.10. The molecular weight excluding hydrogens is 452 g/mol. The Morgan fingerprint density at radius 1 is 1.14 bits per heavy atom. The lowest BCUT2D eigenvalue weighted by molar-refractivity contribution is -0.120. The standard InChI is InChI=1S/C22H27BrN2O3S/c1-3-20(18-13-12-16-8-4-5-9-17(16)14-18)24-22(26)15-25(29(2,27)28)21-11-7-6-10-19(21)23/h6-7,10-14,20H,3-5,8-9,15H2,1-2H3,(H,24,26)/t20-/m1/s1. The van der Waals surface area contributed by atoms with Crippen molar-refractivity contribution in [2.45, 2.75) is 45.1 Å². The molecule has 1 N–H and O–H groups in total. The predicted molar refractivity (Wildman–Crippen MR) is 121 cm³/mol. The minimum Gasteiger partial charge on any atom is -0.348 e. The molecule has 2 aromatic rings. The van der Waals surface area contributed by atoms with Crippen LogP contribution < -0.4 is 9.62 Å². The lowest BCUT2D eigenvalue weighted by atomic mass is 9.89. The molecule has 0 radical (unpaired) electrons. The summed E-state index contributed by atoms with van der Waals surface area (Å²) in [7, 11) is -3.61. The fourth-order valence-electron chi connectivity index (χ4n) is 3.80. The number of hydrogen-bond acceptors (Lipinski definition) is 3. The van der Waals surface area contributed by atoms with Crippen LogP contribution in [0.5, 0.6) is 0 Å². The average Bonchev–Trinajstić information content (AvgIpc) is 2.70. The van der Waals surface area contributed by atoms with E-state index < -0.39 is 10.0 Å². The van der Waals surface area contributed by atoms with Crippen molar-refractivity contribution in [3.8, 4) is 0 Å². The first-order valence-electron chi connectivity index (χ1n) is 9.93. The van der Waals surface area contributed by atoms with Gasteiger partial charge >= 0.3 is 0 Å². The van der Waals surface area contributed by atoms with Gasteiger partial charge in [-0.3, -0.25) is 9.10 Å². The third-order valence-corrected chi connectivity index (χ3v) is 7.12. The van der Waals surface area contributed by atoms with Gasteiger partial charge in [0.15, 0.2) is 0 Å². The van der Waals surface area contributed by atoms with Crippen LogP contribution >= 0.6 is 15.9 Å². The van der Waals surface area contributed by atoms with Gasteiger partial charge in [-0.2, -0.15) is 0 Å². The van der Waals surface area contributed by atoms with Crippen molar-refractivity contribution in [3.63, 3.8) is 0 Å². The smallest absolute Gasteiger partial charge is 0.241 e. The molecular formula is C22H27BrN2O3S. The van der Waals surface area contributed by atoms with Crippen LogP contribution in [0.4, 0.5) is 5.69 Å². The molecule has 1 amide bonds. The largest absolute Gasteiger partial charge is 0.348 e. The van der Waals surface area contributed by atoms with Gasteiger partial charge in [-0.15, -0.1) is 0 Å². The Bertz CT molecular complexity index is 991. The van der Waals surface area contributed by atoms with E-state index in [1.54, 1.807) is 24.3 Å². The summed E-state index contributed by atoms with van der Waals surface area (Å²) in [4.78, 5) is 12.8. The van der Waals surface area contributed by atoms with E-state index in [1.807, 2.05) is 6.92 Å². The molecule has 1 atom stereocenters. The molecule has 0 heterocycles. The van der Waals surface area contributed by atoms with Crippen molar-refractivity contribution in [1.29, 1.82) is 0 Å². The van der Waals surface area contributed by atoms with Crippen LogP contribution in [0.1, 0.15) is 48.9 Å². The number of fused-ring (bicyclic) bond motifs is 1. The van der Waals surface area contributed by atoms with Crippen LogP contribution in [-0.2, 0) is 27.7 Å². The van der Waals surface area contributed by atoms with Gasteiger partial charge in [0.05, 0.1) is 18.0 Å². The maximum atomic E-state index is 12.8. The van der Waals surface area contributed by atoms with Crippen molar-refractivity contribution >= 4 is 37.5 Å². The van der Waals surface area contributed by atoms with Gasteiger partial charge in [0.25, 0.3) is 0 Å². The summed E-state index contributed by atoms with van der Waals surface area (Å²) in [6.45, 7) is 1.76. The number of aryl methyl sites for hydroxylation is 2. The number of carbonyl (C=O) groups excluding carboxylic acids is 1. The SMILES string of the molecule is CC[C@@H](NC(=O)CN(c1ccccc1Br)S(C)(=O)=O)c1ccc2c(c1)CCCC2. The normalized spacial score (nSPS) is 14.7. The second kappa shape index (κ2) is 9.30. The number of halogens is 1. The number of anilines is 1. The summed E-state index contributed by atoms with van der Waals surface area (Å²) in [6, 6.07) is 13.3. The summed E-state index contributed by atoms with van der Waals surface area (Å²) >= 11 is 3.38. The van der Waals surface area contributed by atoms with Gasteiger partial charge in [0.1, 0.15) is 6.54 Å². The number of para-hydroxylation sites is 1. The molecule has 0 saturated heterocycles. The first-order valence-corrected chi connectivity index (χ1v) is 12.6. The van der Waals surface area contributed by atoms with E-state index in [0.29, 0.717) is 10.2 Å². The minimum absolute atomic E-state index is 0.143. The molecule has 0 unspecified atom stereocenters. The van der Waals surface area contributed by atoms with Crippen molar-refractivity contribution in [3.05, 3.63) is 63.6 Å². The number of nitrogens with zero attached hydrogens (tertiary/aromatic N) is 1. The van der Waals surface area contributed by atoms with Crippen LogP contribution in [-0.4, -0.2) is 27.1 Å². The zero-order valence-corrected chi connectivity index (χ0v) is 19.2. The van der Waals surface area contributed by atoms with E-state index in [1.165, 1.54) is 24.0 Å². The molecule has 0 bridgehead atoms. The van der Waals surface area contributed by atoms with Crippen LogP contribution in [0.2, 0.25) is 0 Å². The second-order valence-corrected chi connectivity index (χ2v) is 10.2. The van der Waals surface area contributed by atoms with Crippen molar-refractivity contribution in [1.82, 2.24) is 5.32 Å². The Balaban J connectivity index is 1.77. The van der Waals surface area contributed by atoms with Crippen LogP contribution in [0.15, 0.2) is 46.9 Å². The predicted octanol–water partition coefficient (Wildman–Crippen LogP) is 4.36. The van der Waals surface area contributed by atoms with Crippen LogP contribution in [0.3, 0.4) is 0 Å². The lowest BCUT2D eigenvalue weighted by Gasteiger charge is -2.25. The number of sulfonamides is 1. The van der Waals surface area contributed by atoms with Crippen LogP contribution in [0, 0.1) is 0 Å². The lowest BCUT2D eigenvalue weighted by Crippen LogP contribution is -2.41. The van der Waals surface area contributed by atoms with Crippen molar-refractivity contribution < 1.29 is 13.2 Å². The Kier molecular flexibility index (Phi) is 7.01. The molecule has 0 fully saturated rings. The van der Waals surface area contributed by atoms with Gasteiger partial charge in [-0.05, 0) is 76.9 Å². The number of hydrogen-bond donors (Lipinski definition) is 1. The Morgan fingerprint density at radius 2 is 1.83 bits per heavy atom. The zero-order valence-electron chi connectivity index (χ0n) is 16.8. The molecule has 156 valence electrons.